The molecule has 4 rings (SSSR count). The Morgan fingerprint density at radius 3 is 2.47 bits per heavy atom. The Balaban J connectivity index is 1.68. The fourth-order valence-corrected chi connectivity index (χ4v) is 3.79. The summed E-state index contributed by atoms with van der Waals surface area (Å²) in [6.45, 7) is 1.44. The molecule has 2 aromatic carbocycles. The van der Waals surface area contributed by atoms with Crippen molar-refractivity contribution in [2.45, 2.75) is 13.1 Å². The number of carbonyl (C=O) groups is 1. The smallest absolute Gasteiger partial charge is 0.296 e. The summed E-state index contributed by atoms with van der Waals surface area (Å²) in [4.78, 5) is 29.4. The number of aryl methyl sites for hydroxylation is 1. The highest BCUT2D eigenvalue weighted by Crippen LogP contribution is 2.33. The van der Waals surface area contributed by atoms with E-state index in [2.05, 4.69) is 15.4 Å². The predicted molar refractivity (Wildman–Crippen MR) is 115 cm³/mol. The van der Waals surface area contributed by atoms with Crippen LogP contribution in [0.1, 0.15) is 21.7 Å². The van der Waals surface area contributed by atoms with Crippen LogP contribution in [0.2, 0.25) is 0 Å². The number of rotatable bonds is 4. The van der Waals surface area contributed by atoms with Crippen LogP contribution in [-0.4, -0.2) is 20.7 Å². The van der Waals surface area contributed by atoms with Crippen LogP contribution in [0.5, 0.6) is 0 Å². The number of hydrogen-bond acceptors (Lipinski definition) is 5. The van der Waals surface area contributed by atoms with Crippen LogP contribution in [0, 0.1) is 6.92 Å². The molecule has 32 heavy (non-hydrogen) atoms. The molecule has 0 radical (unpaired) electrons. The largest absolute Gasteiger partial charge is 0.418 e. The van der Waals surface area contributed by atoms with Crippen molar-refractivity contribution in [3.05, 3.63) is 93.2 Å². The summed E-state index contributed by atoms with van der Waals surface area (Å²) in [5.41, 5.74) is -0.818. The lowest BCUT2D eigenvalue weighted by Gasteiger charge is -2.16. The molecule has 1 amide bonds. The number of aromatic nitrogens is 3. The number of anilines is 1. The Bertz CT molecular complexity index is 1350. The van der Waals surface area contributed by atoms with Crippen LogP contribution >= 0.6 is 11.3 Å². The second-order valence-electron chi connectivity index (χ2n) is 6.78. The van der Waals surface area contributed by atoms with Crippen molar-refractivity contribution in [2.75, 3.05) is 5.32 Å². The van der Waals surface area contributed by atoms with Gasteiger partial charge in [-0.25, -0.2) is 9.67 Å². The summed E-state index contributed by atoms with van der Waals surface area (Å²) in [5.74, 6) is -0.859. The maximum absolute atomic E-state index is 13.4. The molecular formula is C22H15F3N4O2S. The van der Waals surface area contributed by atoms with Crippen LogP contribution in [0.4, 0.5) is 18.3 Å². The third-order valence-corrected chi connectivity index (χ3v) is 5.31. The summed E-state index contributed by atoms with van der Waals surface area (Å²) < 4.78 is 41.3. The van der Waals surface area contributed by atoms with Crippen LogP contribution in [0.3, 0.4) is 0 Å². The number of carbonyl (C=O) groups excluding carboxylic acids is 1. The van der Waals surface area contributed by atoms with Gasteiger partial charge in [-0.15, -0.1) is 11.3 Å². The van der Waals surface area contributed by atoms with Gasteiger partial charge in [0.25, 0.3) is 5.91 Å². The molecule has 0 aliphatic heterocycles. The highest BCUT2D eigenvalue weighted by Gasteiger charge is 2.34. The highest BCUT2D eigenvalue weighted by molar-refractivity contribution is 7.14. The maximum atomic E-state index is 13.4. The van der Waals surface area contributed by atoms with Gasteiger partial charge in [0.2, 0.25) is 5.43 Å². The molecule has 0 aliphatic rings. The molecule has 0 spiro atoms. The van der Waals surface area contributed by atoms with Gasteiger partial charge in [-0.05, 0) is 19.1 Å². The van der Waals surface area contributed by atoms with Crippen molar-refractivity contribution in [1.82, 2.24) is 14.8 Å². The lowest BCUT2D eigenvalue weighted by Crippen LogP contribution is -2.27. The molecule has 0 saturated carbocycles. The van der Waals surface area contributed by atoms with Crippen molar-refractivity contribution in [1.29, 1.82) is 0 Å². The third-order valence-electron chi connectivity index (χ3n) is 4.55. The molecule has 0 unspecified atom stereocenters. The quantitative estimate of drug-likeness (QED) is 0.472. The zero-order valence-electron chi connectivity index (χ0n) is 16.6. The first-order chi connectivity index (χ1) is 15.2. The van der Waals surface area contributed by atoms with Crippen LogP contribution in [0.25, 0.3) is 16.9 Å². The number of nitrogens with one attached hydrogen (secondary N) is 1. The number of hydrogen-bond donors (Lipinski definition) is 1. The average Bonchev–Trinajstić information content (AvgIpc) is 3.22. The van der Waals surface area contributed by atoms with Crippen molar-refractivity contribution in [3.8, 4) is 16.9 Å². The molecule has 0 aliphatic carbocycles. The van der Waals surface area contributed by atoms with Gasteiger partial charge >= 0.3 is 6.18 Å². The van der Waals surface area contributed by atoms with Gasteiger partial charge in [-0.3, -0.25) is 14.9 Å². The molecule has 0 fully saturated rings. The number of amides is 1. The Labute approximate surface area is 184 Å². The molecular weight excluding hydrogens is 441 g/mol. The molecule has 2 heterocycles. The minimum Gasteiger partial charge on any atom is -0.296 e. The second-order valence-corrected chi connectivity index (χ2v) is 7.64. The number of benzene rings is 2. The predicted octanol–water partition coefficient (Wildman–Crippen LogP) is 4.94. The summed E-state index contributed by atoms with van der Waals surface area (Å²) in [6, 6.07) is 15.2. The minimum atomic E-state index is -4.63. The monoisotopic (exact) mass is 456 g/mol. The zero-order valence-corrected chi connectivity index (χ0v) is 17.4. The van der Waals surface area contributed by atoms with E-state index in [1.54, 1.807) is 5.38 Å². The van der Waals surface area contributed by atoms with Crippen molar-refractivity contribution in [2.24, 2.45) is 0 Å². The molecule has 1 N–H and O–H groups in total. The van der Waals surface area contributed by atoms with E-state index in [1.165, 1.54) is 25.1 Å². The van der Waals surface area contributed by atoms with E-state index < -0.39 is 28.8 Å². The SMILES string of the molecule is Cc1cc(=O)c(C(=O)Nc2nc(-c3ccccc3)cs2)nn1-c1ccccc1C(F)(F)F. The Morgan fingerprint density at radius 2 is 1.75 bits per heavy atom. The van der Waals surface area contributed by atoms with Gasteiger partial charge in [-0.2, -0.15) is 18.3 Å². The highest BCUT2D eigenvalue weighted by atomic mass is 32.1. The molecule has 6 nitrogen and oxygen atoms in total. The summed E-state index contributed by atoms with van der Waals surface area (Å²) >= 11 is 1.15. The van der Waals surface area contributed by atoms with Gasteiger partial charge in [0, 0.05) is 22.7 Å². The van der Waals surface area contributed by atoms with Gasteiger partial charge in [0.05, 0.1) is 16.9 Å². The first kappa shape index (κ1) is 21.4. The maximum Gasteiger partial charge on any atom is 0.418 e. The summed E-state index contributed by atoms with van der Waals surface area (Å²) in [6.07, 6.45) is -4.63. The molecule has 10 heteroatoms. The van der Waals surface area contributed by atoms with E-state index in [-0.39, 0.29) is 16.5 Å². The van der Waals surface area contributed by atoms with Crippen LogP contribution in [0.15, 0.2) is 70.8 Å². The van der Waals surface area contributed by atoms with Crippen LogP contribution < -0.4 is 10.7 Å². The van der Waals surface area contributed by atoms with Crippen molar-refractivity contribution >= 4 is 22.4 Å². The first-order valence-corrected chi connectivity index (χ1v) is 10.2. The van der Waals surface area contributed by atoms with E-state index in [9.17, 15) is 22.8 Å². The van der Waals surface area contributed by atoms with E-state index in [1.807, 2.05) is 30.3 Å². The fourth-order valence-electron chi connectivity index (χ4n) is 3.08. The molecule has 162 valence electrons. The number of nitrogens with zero attached hydrogens (tertiary/aromatic N) is 3. The standard InChI is InChI=1S/C22H15F3N4O2S/c1-13-11-18(30)19(28-29(13)17-10-6-5-9-15(17)22(23,24)25)20(31)27-21-26-16(12-32-21)14-7-3-2-4-8-14/h2-12H,1H3,(H,26,27,31). The topological polar surface area (TPSA) is 76.9 Å². The zero-order chi connectivity index (χ0) is 22.9. The number of halogens is 3. The van der Waals surface area contributed by atoms with Gasteiger partial charge in [0.15, 0.2) is 10.8 Å². The summed E-state index contributed by atoms with van der Waals surface area (Å²) in [5, 5.41) is 8.42. The molecule has 2 aromatic heterocycles. The minimum absolute atomic E-state index is 0.156. The third kappa shape index (κ3) is 4.30. The Kier molecular flexibility index (Phi) is 5.62. The second kappa shape index (κ2) is 8.39. The Hall–Kier alpha value is -3.79. The van der Waals surface area contributed by atoms with Crippen LogP contribution in [-0.2, 0) is 6.18 Å². The molecule has 0 saturated heterocycles. The van der Waals surface area contributed by atoms with Gasteiger partial charge in [-0.1, -0.05) is 42.5 Å². The van der Waals surface area contributed by atoms with E-state index >= 15 is 0 Å². The van der Waals surface area contributed by atoms with Crippen molar-refractivity contribution < 1.29 is 18.0 Å². The number of para-hydroxylation sites is 1. The number of alkyl halides is 3. The Morgan fingerprint density at radius 1 is 1.06 bits per heavy atom. The van der Waals surface area contributed by atoms with E-state index in [4.69, 9.17) is 0 Å². The lowest BCUT2D eigenvalue weighted by molar-refractivity contribution is -0.137. The first-order valence-electron chi connectivity index (χ1n) is 9.34. The van der Waals surface area contributed by atoms with Gasteiger partial charge in [0.1, 0.15) is 0 Å². The van der Waals surface area contributed by atoms with Crippen molar-refractivity contribution in [3.63, 3.8) is 0 Å². The molecule has 4 aromatic rings. The molecule has 0 atom stereocenters. The average molecular weight is 456 g/mol. The normalized spacial score (nSPS) is 11.4. The van der Waals surface area contributed by atoms with Gasteiger partial charge < -0.3 is 0 Å². The number of thiazole rings is 1. The summed E-state index contributed by atoms with van der Waals surface area (Å²) in [7, 11) is 0. The molecule has 0 bridgehead atoms. The van der Waals surface area contributed by atoms with E-state index in [0.717, 1.165) is 33.7 Å². The lowest BCUT2D eigenvalue weighted by atomic mass is 10.1. The fraction of sp³-hybridized carbons (Fsp3) is 0.0909. The van der Waals surface area contributed by atoms with E-state index in [0.29, 0.717) is 5.69 Å².